The minimum atomic E-state index is -0.979. The third-order valence-corrected chi connectivity index (χ3v) is 6.18. The van der Waals surface area contributed by atoms with Gasteiger partial charge in [-0.3, -0.25) is 9.69 Å². The predicted octanol–water partition coefficient (Wildman–Crippen LogP) is 5.03. The molecule has 31 heavy (non-hydrogen) atoms. The quantitative estimate of drug-likeness (QED) is 0.588. The van der Waals surface area contributed by atoms with Gasteiger partial charge in [0.05, 0.1) is 21.8 Å². The fourth-order valence-electron chi connectivity index (χ4n) is 3.56. The van der Waals surface area contributed by atoms with Crippen molar-refractivity contribution in [1.29, 1.82) is 0 Å². The highest BCUT2D eigenvalue weighted by Gasteiger charge is 2.30. The van der Waals surface area contributed by atoms with E-state index in [9.17, 15) is 14.7 Å². The molecular weight excluding hydrogens is 410 g/mol. The summed E-state index contributed by atoms with van der Waals surface area (Å²) in [5.41, 5.74) is 4.23. The number of aryl methyl sites for hydroxylation is 1. The number of hydrogen-bond acceptors (Lipinski definition) is 4. The summed E-state index contributed by atoms with van der Waals surface area (Å²) in [6, 6.07) is 18.4. The highest BCUT2D eigenvalue weighted by Crippen LogP contribution is 2.34. The molecule has 1 fully saturated rings. The Bertz CT molecular complexity index is 1240. The van der Waals surface area contributed by atoms with E-state index < -0.39 is 5.97 Å². The Morgan fingerprint density at radius 2 is 1.74 bits per heavy atom. The van der Waals surface area contributed by atoms with Gasteiger partial charge in [0.25, 0.3) is 5.91 Å². The van der Waals surface area contributed by atoms with Gasteiger partial charge in [-0.05, 0) is 67.6 Å². The number of carbonyl (C=O) groups excluding carboxylic acids is 1. The van der Waals surface area contributed by atoms with Crippen LogP contribution < -0.4 is 0 Å². The van der Waals surface area contributed by atoms with Crippen LogP contribution in [-0.4, -0.2) is 38.7 Å². The van der Waals surface area contributed by atoms with Gasteiger partial charge in [0.2, 0.25) is 0 Å². The van der Waals surface area contributed by atoms with E-state index in [2.05, 4.69) is 4.99 Å². The first kappa shape index (κ1) is 20.7. The first-order chi connectivity index (χ1) is 14.9. The van der Waals surface area contributed by atoms with Gasteiger partial charge >= 0.3 is 5.97 Å². The molecular formula is C24H21N3O3S. The Labute approximate surface area is 184 Å². The van der Waals surface area contributed by atoms with E-state index >= 15 is 0 Å². The van der Waals surface area contributed by atoms with Gasteiger partial charge in [-0.15, -0.1) is 0 Å². The number of carboxylic acid groups (broad SMARTS) is 1. The Morgan fingerprint density at radius 1 is 1.06 bits per heavy atom. The fraction of sp³-hybridized carbons (Fsp3) is 0.125. The summed E-state index contributed by atoms with van der Waals surface area (Å²) >= 11 is 1.33. The van der Waals surface area contributed by atoms with E-state index in [1.165, 1.54) is 11.8 Å². The number of aromatic nitrogens is 1. The molecule has 1 aromatic heterocycles. The minimum absolute atomic E-state index is 0.115. The molecule has 0 spiro atoms. The van der Waals surface area contributed by atoms with Gasteiger partial charge in [0, 0.05) is 18.4 Å². The zero-order valence-corrected chi connectivity index (χ0v) is 18.2. The number of likely N-dealkylation sites (N-methyl/N-ethyl adjacent to an activating group) is 1. The number of para-hydroxylation sites is 2. The lowest BCUT2D eigenvalue weighted by Gasteiger charge is -2.12. The molecule has 7 heteroatoms. The number of aromatic carboxylic acids is 1. The maximum atomic E-state index is 12.8. The fourth-order valence-corrected chi connectivity index (χ4v) is 4.54. The lowest BCUT2D eigenvalue weighted by molar-refractivity contribution is -0.121. The molecule has 3 aromatic rings. The molecule has 1 N–H and O–H groups in total. The van der Waals surface area contributed by atoms with Crippen molar-refractivity contribution in [3.05, 3.63) is 88.1 Å². The van der Waals surface area contributed by atoms with Crippen molar-refractivity contribution in [3.63, 3.8) is 0 Å². The maximum Gasteiger partial charge on any atom is 0.337 e. The number of hydrogen-bond donors (Lipinski definition) is 1. The highest BCUT2D eigenvalue weighted by molar-refractivity contribution is 8.18. The van der Waals surface area contributed by atoms with Crippen LogP contribution >= 0.6 is 11.8 Å². The van der Waals surface area contributed by atoms with Crippen molar-refractivity contribution >= 4 is 40.6 Å². The summed E-state index contributed by atoms with van der Waals surface area (Å²) in [6.45, 7) is 3.84. The largest absolute Gasteiger partial charge is 0.478 e. The zero-order chi connectivity index (χ0) is 22.1. The molecule has 1 saturated heterocycles. The molecule has 6 nitrogen and oxygen atoms in total. The Kier molecular flexibility index (Phi) is 5.52. The summed E-state index contributed by atoms with van der Waals surface area (Å²) in [5.74, 6) is -1.09. The van der Waals surface area contributed by atoms with Crippen LogP contribution in [0.15, 0.2) is 70.6 Å². The molecule has 1 aliphatic rings. The summed E-state index contributed by atoms with van der Waals surface area (Å²) < 4.78 is 1.91. The van der Waals surface area contributed by atoms with E-state index in [1.807, 2.05) is 67.0 Å². The van der Waals surface area contributed by atoms with Gasteiger partial charge in [-0.25, -0.2) is 9.79 Å². The molecule has 4 rings (SSSR count). The van der Waals surface area contributed by atoms with Crippen LogP contribution in [0.2, 0.25) is 0 Å². The molecule has 0 bridgehead atoms. The molecule has 2 heterocycles. The molecule has 0 saturated carbocycles. The van der Waals surface area contributed by atoms with Gasteiger partial charge in [0.1, 0.15) is 0 Å². The average Bonchev–Trinajstić information content (AvgIpc) is 3.18. The van der Waals surface area contributed by atoms with Gasteiger partial charge in [-0.1, -0.05) is 30.3 Å². The van der Waals surface area contributed by atoms with E-state index in [-0.39, 0.29) is 11.5 Å². The lowest BCUT2D eigenvalue weighted by atomic mass is 10.1. The Hall–Kier alpha value is -3.58. The first-order valence-electron chi connectivity index (χ1n) is 9.70. The average molecular weight is 432 g/mol. The van der Waals surface area contributed by atoms with Crippen molar-refractivity contribution in [3.8, 4) is 5.69 Å². The molecule has 1 aliphatic heterocycles. The van der Waals surface area contributed by atoms with Crippen LogP contribution in [0.4, 0.5) is 5.69 Å². The summed E-state index contributed by atoms with van der Waals surface area (Å²) in [7, 11) is 1.71. The Balaban J connectivity index is 1.72. The second-order valence-corrected chi connectivity index (χ2v) is 8.20. The summed E-state index contributed by atoms with van der Waals surface area (Å²) in [5, 5.41) is 10.2. The number of carbonyl (C=O) groups is 2. The monoisotopic (exact) mass is 431 g/mol. The number of rotatable bonds is 4. The standard InChI is InChI=1S/C24H21N3O3S/c1-15-13-17(16(2)27(15)20-12-8-7-11-19(20)23(29)30)14-21-22(28)26(3)24(31-21)25-18-9-5-4-6-10-18/h4-14H,1-3H3,(H,29,30)/b21-14-,25-24?. The summed E-state index contributed by atoms with van der Waals surface area (Å²) in [4.78, 5) is 31.2. The van der Waals surface area contributed by atoms with Gasteiger partial charge < -0.3 is 9.67 Å². The van der Waals surface area contributed by atoms with E-state index in [0.29, 0.717) is 15.8 Å². The second-order valence-electron chi connectivity index (χ2n) is 7.19. The molecule has 0 radical (unpaired) electrons. The SMILES string of the molecule is Cc1cc(/C=C2\SC(=Nc3ccccc3)N(C)C2=O)c(C)n1-c1ccccc1C(=O)O. The van der Waals surface area contributed by atoms with Crippen LogP contribution in [0.3, 0.4) is 0 Å². The summed E-state index contributed by atoms with van der Waals surface area (Å²) in [6.07, 6.45) is 1.85. The lowest BCUT2D eigenvalue weighted by Crippen LogP contribution is -2.23. The second kappa shape index (κ2) is 8.28. The van der Waals surface area contributed by atoms with Gasteiger partial charge in [0.15, 0.2) is 5.17 Å². The molecule has 1 amide bonds. The van der Waals surface area contributed by atoms with Crippen LogP contribution in [0.5, 0.6) is 0 Å². The van der Waals surface area contributed by atoms with Crippen molar-refractivity contribution in [2.45, 2.75) is 13.8 Å². The van der Waals surface area contributed by atoms with E-state index in [1.54, 1.807) is 30.1 Å². The van der Waals surface area contributed by atoms with E-state index in [0.717, 1.165) is 22.6 Å². The third kappa shape index (κ3) is 3.92. The number of amides is 1. The Morgan fingerprint density at radius 3 is 2.45 bits per heavy atom. The minimum Gasteiger partial charge on any atom is -0.478 e. The van der Waals surface area contributed by atoms with Crippen molar-refractivity contribution in [2.75, 3.05) is 7.05 Å². The van der Waals surface area contributed by atoms with Crippen molar-refractivity contribution in [1.82, 2.24) is 9.47 Å². The number of benzene rings is 2. The van der Waals surface area contributed by atoms with E-state index in [4.69, 9.17) is 0 Å². The van der Waals surface area contributed by atoms with Crippen LogP contribution in [0, 0.1) is 13.8 Å². The van der Waals surface area contributed by atoms with Crippen LogP contribution in [0.1, 0.15) is 27.3 Å². The predicted molar refractivity (Wildman–Crippen MR) is 124 cm³/mol. The highest BCUT2D eigenvalue weighted by atomic mass is 32.2. The molecule has 156 valence electrons. The number of amidine groups is 1. The normalized spacial score (nSPS) is 16.5. The number of carboxylic acids is 1. The number of thioether (sulfide) groups is 1. The van der Waals surface area contributed by atoms with Gasteiger partial charge in [-0.2, -0.15) is 0 Å². The van der Waals surface area contributed by atoms with Crippen molar-refractivity contribution in [2.24, 2.45) is 4.99 Å². The number of nitrogens with zero attached hydrogens (tertiary/aromatic N) is 3. The molecule has 0 unspecified atom stereocenters. The molecule has 2 aromatic carbocycles. The van der Waals surface area contributed by atoms with Crippen molar-refractivity contribution < 1.29 is 14.7 Å². The zero-order valence-electron chi connectivity index (χ0n) is 17.4. The smallest absolute Gasteiger partial charge is 0.337 e. The molecule has 0 aliphatic carbocycles. The third-order valence-electron chi connectivity index (χ3n) is 5.12. The topological polar surface area (TPSA) is 74.9 Å². The first-order valence-corrected chi connectivity index (χ1v) is 10.5. The van der Waals surface area contributed by atoms with Crippen LogP contribution in [0.25, 0.3) is 11.8 Å². The molecule has 0 atom stereocenters. The number of aliphatic imine (C=N–C) groups is 1. The maximum absolute atomic E-state index is 12.8. The van der Waals surface area contributed by atoms with Crippen LogP contribution in [-0.2, 0) is 4.79 Å².